The minimum atomic E-state index is 0.698. The maximum atomic E-state index is 4.86. The van der Waals surface area contributed by atoms with Gasteiger partial charge in [0.1, 0.15) is 6.73 Å². The van der Waals surface area contributed by atoms with E-state index in [1.807, 2.05) is 0 Å². The highest BCUT2D eigenvalue weighted by molar-refractivity contribution is 7.32. The van der Waals surface area contributed by atoms with Gasteiger partial charge in [0.2, 0.25) is 0 Å². The lowest BCUT2D eigenvalue weighted by atomic mass is 11.2. The summed E-state index contributed by atoms with van der Waals surface area (Å²) in [6, 6.07) is 0. The molecule has 0 aromatic rings. The molecule has 1 atom stereocenters. The van der Waals surface area contributed by atoms with E-state index in [2.05, 4.69) is 5.32 Å². The third kappa shape index (κ3) is 0.839. The molecule has 0 saturated carbocycles. The Labute approximate surface area is 32.8 Å². The highest BCUT2D eigenvalue weighted by Gasteiger charge is 1.92. The van der Waals surface area contributed by atoms with Crippen LogP contribution in [0, 0.1) is 0 Å². The van der Waals surface area contributed by atoms with Crippen LogP contribution in [-0.4, -0.2) is 13.0 Å². The van der Waals surface area contributed by atoms with Gasteiger partial charge < -0.3 is 4.52 Å². The molecule has 1 aliphatic rings. The number of hydrogen-bond acceptors (Lipinski definition) is 2. The van der Waals surface area contributed by atoms with Crippen molar-refractivity contribution in [2.75, 3.05) is 13.0 Å². The molecule has 1 rings (SSSR count). The molecule has 1 fully saturated rings. The van der Waals surface area contributed by atoms with E-state index in [0.717, 1.165) is 13.0 Å². The summed E-state index contributed by atoms with van der Waals surface area (Å²) in [5.41, 5.74) is 0. The van der Waals surface area contributed by atoms with E-state index in [1.165, 1.54) is 0 Å². The number of nitrogens with one attached hydrogen (secondary N) is 1. The Kier molecular flexibility index (Phi) is 1.21. The van der Waals surface area contributed by atoms with Crippen molar-refractivity contribution in [2.45, 2.75) is 0 Å². The van der Waals surface area contributed by atoms with E-state index in [-0.39, 0.29) is 0 Å². The first-order chi connectivity index (χ1) is 2.50. The van der Waals surface area contributed by atoms with Crippen molar-refractivity contribution >= 4 is 8.81 Å². The van der Waals surface area contributed by atoms with Crippen molar-refractivity contribution in [3.05, 3.63) is 0 Å². The zero-order valence-corrected chi connectivity index (χ0v) is 3.82. The lowest BCUT2D eigenvalue weighted by Gasteiger charge is -1.76. The molecule has 0 bridgehead atoms. The van der Waals surface area contributed by atoms with Crippen LogP contribution in [0.3, 0.4) is 0 Å². The second-order valence-electron chi connectivity index (χ2n) is 0.860. The zero-order chi connectivity index (χ0) is 3.54. The van der Waals surface area contributed by atoms with Gasteiger partial charge in [0.15, 0.2) is 0 Å². The van der Waals surface area contributed by atoms with Gasteiger partial charge in [-0.15, -0.1) is 0 Å². The number of rotatable bonds is 0. The Hall–Kier alpha value is 0.350. The predicted molar refractivity (Wildman–Crippen MR) is 22.3 cm³/mol. The van der Waals surface area contributed by atoms with E-state index in [1.54, 1.807) is 0 Å². The van der Waals surface area contributed by atoms with Crippen molar-refractivity contribution in [2.24, 2.45) is 0 Å². The van der Waals surface area contributed by atoms with Crippen LogP contribution in [0.1, 0.15) is 0 Å². The van der Waals surface area contributed by atoms with Crippen LogP contribution in [-0.2, 0) is 4.52 Å². The van der Waals surface area contributed by atoms with Gasteiger partial charge in [-0.05, 0) is 0 Å². The third-order valence-electron chi connectivity index (χ3n) is 0.473. The fourth-order valence-corrected chi connectivity index (χ4v) is 0.765. The smallest absolute Gasteiger partial charge is 0.101 e. The predicted octanol–water partition coefficient (Wildman–Crippen LogP) is 0.115. The fourth-order valence-electron chi connectivity index (χ4n) is 0.255. The van der Waals surface area contributed by atoms with Crippen molar-refractivity contribution in [1.29, 1.82) is 0 Å². The quantitative estimate of drug-likeness (QED) is 0.427. The maximum Gasteiger partial charge on any atom is 0.101 e. The van der Waals surface area contributed by atoms with Crippen molar-refractivity contribution in [1.82, 2.24) is 5.32 Å². The van der Waals surface area contributed by atoms with Gasteiger partial charge in [-0.1, -0.05) is 0 Å². The Morgan fingerprint density at radius 2 is 2.80 bits per heavy atom. The molecule has 5 heavy (non-hydrogen) atoms. The highest BCUT2D eigenvalue weighted by Crippen LogP contribution is 2.11. The minimum Gasteiger partial charge on any atom is -0.346 e. The van der Waals surface area contributed by atoms with Crippen LogP contribution in [0.4, 0.5) is 0 Å². The minimum absolute atomic E-state index is 0.698. The third-order valence-corrected chi connectivity index (χ3v) is 1.22. The normalized spacial score (nSPS) is 28.8. The molecular formula is C2H6NOP. The van der Waals surface area contributed by atoms with E-state index >= 15 is 0 Å². The maximum absolute atomic E-state index is 4.86. The molecule has 0 spiro atoms. The van der Waals surface area contributed by atoms with Gasteiger partial charge in [0, 0.05) is 15.1 Å². The summed E-state index contributed by atoms with van der Waals surface area (Å²) in [4.78, 5) is 0. The topological polar surface area (TPSA) is 21.3 Å². The molecule has 0 aromatic heterocycles. The monoisotopic (exact) mass is 91.0 g/mol. The molecule has 0 aliphatic carbocycles. The fraction of sp³-hybridized carbons (Fsp3) is 1.00. The molecule has 0 amide bonds. The van der Waals surface area contributed by atoms with Gasteiger partial charge in [0.05, 0.1) is 0 Å². The Bertz CT molecular complexity index is 21.2. The number of hydrogen-bond donors (Lipinski definition) is 1. The van der Waals surface area contributed by atoms with Crippen LogP contribution >= 0.6 is 8.81 Å². The second-order valence-corrected chi connectivity index (χ2v) is 1.79. The Balaban J connectivity index is 2.08. The summed E-state index contributed by atoms with van der Waals surface area (Å²) in [6.07, 6.45) is 1.06. The highest BCUT2D eigenvalue weighted by atomic mass is 31.1. The molecule has 1 N–H and O–H groups in total. The molecule has 0 aromatic carbocycles. The van der Waals surface area contributed by atoms with Crippen LogP contribution in [0.15, 0.2) is 0 Å². The van der Waals surface area contributed by atoms with Gasteiger partial charge in [-0.25, -0.2) is 0 Å². The summed E-state index contributed by atoms with van der Waals surface area (Å²) >= 11 is 0. The van der Waals surface area contributed by atoms with E-state index < -0.39 is 0 Å². The first-order valence-corrected chi connectivity index (χ1v) is 2.67. The largest absolute Gasteiger partial charge is 0.346 e. The molecular weight excluding hydrogens is 85.0 g/mol. The molecule has 3 heteroatoms. The summed E-state index contributed by atoms with van der Waals surface area (Å²) in [6.45, 7) is 0.762. The van der Waals surface area contributed by atoms with Gasteiger partial charge in [-0.2, -0.15) is 0 Å². The van der Waals surface area contributed by atoms with Crippen LogP contribution < -0.4 is 5.32 Å². The van der Waals surface area contributed by atoms with Gasteiger partial charge in [-0.3, -0.25) is 5.32 Å². The van der Waals surface area contributed by atoms with E-state index in [9.17, 15) is 0 Å². The second kappa shape index (κ2) is 1.71. The SMILES string of the molecule is C1NCPO1. The summed E-state index contributed by atoms with van der Waals surface area (Å²) in [5, 5.41) is 3.01. The first-order valence-electron chi connectivity index (χ1n) is 1.55. The van der Waals surface area contributed by atoms with E-state index in [0.29, 0.717) is 8.81 Å². The van der Waals surface area contributed by atoms with Crippen molar-refractivity contribution in [3.8, 4) is 0 Å². The lowest BCUT2D eigenvalue weighted by molar-refractivity contribution is 0.371. The standard InChI is InChI=1S/C2H6NOP/c1-3-2-5-4-1/h3,5H,1-2H2. The molecule has 2 nitrogen and oxygen atoms in total. The molecule has 1 unspecified atom stereocenters. The van der Waals surface area contributed by atoms with Gasteiger partial charge >= 0.3 is 0 Å². The zero-order valence-electron chi connectivity index (χ0n) is 2.82. The molecule has 1 saturated heterocycles. The summed E-state index contributed by atoms with van der Waals surface area (Å²) in [5.74, 6) is 0. The van der Waals surface area contributed by atoms with Crippen molar-refractivity contribution in [3.63, 3.8) is 0 Å². The van der Waals surface area contributed by atoms with Crippen LogP contribution in [0.5, 0.6) is 0 Å². The first kappa shape index (κ1) is 3.54. The lowest BCUT2D eigenvalue weighted by Crippen LogP contribution is -2.03. The molecule has 30 valence electrons. The molecule has 0 radical (unpaired) electrons. The Morgan fingerprint density at radius 1 is 1.80 bits per heavy atom. The average Bonchev–Trinajstić information content (AvgIpc) is 1.76. The average molecular weight is 91.0 g/mol. The van der Waals surface area contributed by atoms with Crippen LogP contribution in [0.2, 0.25) is 0 Å². The molecule has 1 aliphatic heterocycles. The van der Waals surface area contributed by atoms with E-state index in [4.69, 9.17) is 4.52 Å². The Morgan fingerprint density at radius 3 is 3.00 bits per heavy atom. The summed E-state index contributed by atoms with van der Waals surface area (Å²) in [7, 11) is 0.698. The van der Waals surface area contributed by atoms with Crippen molar-refractivity contribution < 1.29 is 4.52 Å². The molecule has 1 heterocycles. The summed E-state index contributed by atoms with van der Waals surface area (Å²) < 4.78 is 4.86. The van der Waals surface area contributed by atoms with Gasteiger partial charge in [0.25, 0.3) is 0 Å². The van der Waals surface area contributed by atoms with Crippen LogP contribution in [0.25, 0.3) is 0 Å².